The Hall–Kier alpha value is -3.42. The van der Waals surface area contributed by atoms with Gasteiger partial charge in [0.2, 0.25) is 6.79 Å². The van der Waals surface area contributed by atoms with Crippen LogP contribution in [0, 0.1) is 0 Å². The molecule has 4 rings (SSSR count). The lowest BCUT2D eigenvalue weighted by molar-refractivity contribution is 0.102. The Morgan fingerprint density at radius 1 is 1.17 bits per heavy atom. The second-order valence-electron chi connectivity index (χ2n) is 5.23. The Labute approximate surface area is 137 Å². The monoisotopic (exact) mass is 323 g/mol. The van der Waals surface area contributed by atoms with Crippen molar-refractivity contribution in [3.05, 3.63) is 48.0 Å². The van der Waals surface area contributed by atoms with E-state index in [1.165, 1.54) is 0 Å². The molecule has 24 heavy (non-hydrogen) atoms. The first kappa shape index (κ1) is 14.2. The molecule has 2 aromatic carbocycles. The maximum Gasteiger partial charge on any atom is 0.255 e. The molecule has 3 aromatic rings. The highest BCUT2D eigenvalue weighted by atomic mass is 16.7. The van der Waals surface area contributed by atoms with Crippen LogP contribution in [0.2, 0.25) is 0 Å². The number of anilines is 1. The van der Waals surface area contributed by atoms with Gasteiger partial charge in [0.1, 0.15) is 0 Å². The molecule has 0 atom stereocenters. The smallest absolute Gasteiger partial charge is 0.255 e. The fourth-order valence-corrected chi connectivity index (χ4v) is 2.45. The van der Waals surface area contributed by atoms with Crippen LogP contribution in [0.4, 0.5) is 5.69 Å². The van der Waals surface area contributed by atoms with Crippen LogP contribution in [0.25, 0.3) is 11.4 Å². The van der Waals surface area contributed by atoms with E-state index in [2.05, 4.69) is 20.8 Å². The lowest BCUT2D eigenvalue weighted by Crippen LogP contribution is -2.11. The Bertz CT molecular complexity index is 922. The van der Waals surface area contributed by atoms with Gasteiger partial charge in [-0.05, 0) is 40.8 Å². The summed E-state index contributed by atoms with van der Waals surface area (Å²) in [5, 5.41) is 14.2. The molecule has 8 nitrogen and oxygen atoms in total. The fourth-order valence-electron chi connectivity index (χ4n) is 2.45. The van der Waals surface area contributed by atoms with Gasteiger partial charge in [-0.2, -0.15) is 0 Å². The average molecular weight is 323 g/mol. The Balaban J connectivity index is 1.57. The summed E-state index contributed by atoms with van der Waals surface area (Å²) >= 11 is 0. The summed E-state index contributed by atoms with van der Waals surface area (Å²) in [6.45, 7) is 0.175. The van der Waals surface area contributed by atoms with Crippen molar-refractivity contribution in [2.45, 2.75) is 0 Å². The van der Waals surface area contributed by atoms with Crippen molar-refractivity contribution in [1.82, 2.24) is 20.2 Å². The molecule has 8 heteroatoms. The Kier molecular flexibility index (Phi) is 3.34. The van der Waals surface area contributed by atoms with Crippen molar-refractivity contribution in [3.8, 4) is 22.9 Å². The minimum atomic E-state index is -0.235. The third-order valence-corrected chi connectivity index (χ3v) is 3.63. The number of fused-ring (bicyclic) bond motifs is 1. The van der Waals surface area contributed by atoms with Crippen molar-refractivity contribution in [2.24, 2.45) is 7.05 Å². The maximum absolute atomic E-state index is 12.4. The van der Waals surface area contributed by atoms with Gasteiger partial charge in [0.25, 0.3) is 5.91 Å². The summed E-state index contributed by atoms with van der Waals surface area (Å²) in [4.78, 5) is 12.4. The SMILES string of the molecule is Cn1nnnc1-c1cccc(NC(=O)c2ccc3c(c2)OCO3)c1. The fraction of sp³-hybridized carbons (Fsp3) is 0.125. The van der Waals surface area contributed by atoms with E-state index in [0.717, 1.165) is 5.56 Å². The minimum Gasteiger partial charge on any atom is -0.454 e. The van der Waals surface area contributed by atoms with Crippen LogP contribution in [0.5, 0.6) is 11.5 Å². The first-order valence-electron chi connectivity index (χ1n) is 7.24. The number of ether oxygens (including phenoxy) is 2. The summed E-state index contributed by atoms with van der Waals surface area (Å²) in [5.41, 5.74) is 1.95. The van der Waals surface area contributed by atoms with E-state index < -0.39 is 0 Å². The summed E-state index contributed by atoms with van der Waals surface area (Å²) in [6, 6.07) is 12.4. The molecule has 1 aliphatic rings. The molecule has 1 aliphatic heterocycles. The molecule has 1 N–H and O–H groups in total. The van der Waals surface area contributed by atoms with E-state index in [9.17, 15) is 4.79 Å². The van der Waals surface area contributed by atoms with Gasteiger partial charge in [-0.1, -0.05) is 12.1 Å². The molecule has 0 spiro atoms. The van der Waals surface area contributed by atoms with E-state index in [1.807, 2.05) is 18.2 Å². The van der Waals surface area contributed by atoms with Crippen LogP contribution in [-0.4, -0.2) is 32.9 Å². The van der Waals surface area contributed by atoms with Crippen LogP contribution in [0.3, 0.4) is 0 Å². The number of hydrogen-bond acceptors (Lipinski definition) is 6. The first-order valence-corrected chi connectivity index (χ1v) is 7.24. The number of aryl methyl sites for hydroxylation is 1. The molecule has 0 bridgehead atoms. The number of carbonyl (C=O) groups excluding carboxylic acids is 1. The van der Waals surface area contributed by atoms with Crippen LogP contribution < -0.4 is 14.8 Å². The van der Waals surface area contributed by atoms with Crippen molar-refractivity contribution in [1.29, 1.82) is 0 Å². The summed E-state index contributed by atoms with van der Waals surface area (Å²) in [6.07, 6.45) is 0. The molecule has 0 aliphatic carbocycles. The van der Waals surface area contributed by atoms with Gasteiger partial charge in [0, 0.05) is 23.9 Å². The molecule has 120 valence electrons. The van der Waals surface area contributed by atoms with Crippen LogP contribution >= 0.6 is 0 Å². The minimum absolute atomic E-state index is 0.175. The molecule has 2 heterocycles. The van der Waals surface area contributed by atoms with Crippen LogP contribution in [0.1, 0.15) is 10.4 Å². The van der Waals surface area contributed by atoms with Gasteiger partial charge >= 0.3 is 0 Å². The van der Waals surface area contributed by atoms with E-state index in [4.69, 9.17) is 9.47 Å². The summed E-state index contributed by atoms with van der Waals surface area (Å²) in [5.74, 6) is 1.60. The summed E-state index contributed by atoms with van der Waals surface area (Å²) < 4.78 is 12.1. The predicted octanol–water partition coefficient (Wildman–Crippen LogP) is 1.86. The standard InChI is InChI=1S/C16H13N5O3/c1-21-15(18-19-20-21)10-3-2-4-12(7-10)17-16(22)11-5-6-13-14(8-11)24-9-23-13/h2-8H,9H2,1H3,(H,17,22). The van der Waals surface area contributed by atoms with Crippen molar-refractivity contribution < 1.29 is 14.3 Å². The van der Waals surface area contributed by atoms with Crippen LogP contribution in [-0.2, 0) is 7.05 Å². The van der Waals surface area contributed by atoms with E-state index in [0.29, 0.717) is 28.6 Å². The zero-order valence-electron chi connectivity index (χ0n) is 12.8. The number of tetrazole rings is 1. The van der Waals surface area contributed by atoms with E-state index >= 15 is 0 Å². The average Bonchev–Trinajstić information content (AvgIpc) is 3.22. The topological polar surface area (TPSA) is 91.2 Å². The second kappa shape index (κ2) is 5.65. The molecule has 0 unspecified atom stereocenters. The van der Waals surface area contributed by atoms with E-state index in [-0.39, 0.29) is 12.7 Å². The number of amides is 1. The van der Waals surface area contributed by atoms with Gasteiger partial charge in [0.05, 0.1) is 0 Å². The number of nitrogens with one attached hydrogen (secondary N) is 1. The zero-order valence-corrected chi connectivity index (χ0v) is 12.8. The molecule has 1 aromatic heterocycles. The number of carbonyl (C=O) groups is 1. The lowest BCUT2D eigenvalue weighted by atomic mass is 10.1. The van der Waals surface area contributed by atoms with Gasteiger partial charge < -0.3 is 14.8 Å². The van der Waals surface area contributed by atoms with Gasteiger partial charge in [-0.15, -0.1) is 5.10 Å². The van der Waals surface area contributed by atoms with E-state index in [1.54, 1.807) is 36.0 Å². The molecule has 1 amide bonds. The van der Waals surface area contributed by atoms with Gasteiger partial charge in [-0.3, -0.25) is 4.79 Å². The molecule has 0 saturated heterocycles. The number of hydrogen-bond donors (Lipinski definition) is 1. The molecular weight excluding hydrogens is 310 g/mol. The summed E-state index contributed by atoms with van der Waals surface area (Å²) in [7, 11) is 1.76. The first-order chi connectivity index (χ1) is 11.7. The van der Waals surface area contributed by atoms with Crippen molar-refractivity contribution in [2.75, 3.05) is 12.1 Å². The highest BCUT2D eigenvalue weighted by Crippen LogP contribution is 2.32. The van der Waals surface area contributed by atoms with Crippen molar-refractivity contribution in [3.63, 3.8) is 0 Å². The predicted molar refractivity (Wildman–Crippen MR) is 84.8 cm³/mol. The highest BCUT2D eigenvalue weighted by Gasteiger charge is 2.16. The van der Waals surface area contributed by atoms with Crippen molar-refractivity contribution >= 4 is 11.6 Å². The third kappa shape index (κ3) is 2.54. The quantitative estimate of drug-likeness (QED) is 0.791. The van der Waals surface area contributed by atoms with Crippen LogP contribution in [0.15, 0.2) is 42.5 Å². The Morgan fingerprint density at radius 2 is 2.04 bits per heavy atom. The number of rotatable bonds is 3. The molecule has 0 fully saturated rings. The number of benzene rings is 2. The second-order valence-corrected chi connectivity index (χ2v) is 5.23. The van der Waals surface area contributed by atoms with Gasteiger partial charge in [-0.25, -0.2) is 4.68 Å². The molecule has 0 radical (unpaired) electrons. The number of nitrogens with zero attached hydrogens (tertiary/aromatic N) is 4. The zero-order chi connectivity index (χ0) is 16.5. The molecule has 0 saturated carbocycles. The number of aromatic nitrogens is 4. The largest absolute Gasteiger partial charge is 0.454 e. The Morgan fingerprint density at radius 3 is 2.88 bits per heavy atom. The highest BCUT2D eigenvalue weighted by molar-refractivity contribution is 6.04. The lowest BCUT2D eigenvalue weighted by Gasteiger charge is -2.07. The molecular formula is C16H13N5O3. The normalized spacial score (nSPS) is 12.2. The van der Waals surface area contributed by atoms with Gasteiger partial charge in [0.15, 0.2) is 17.3 Å². The third-order valence-electron chi connectivity index (χ3n) is 3.63. The maximum atomic E-state index is 12.4.